The third kappa shape index (κ3) is 4.09. The molecule has 1 atom stereocenters. The highest BCUT2D eigenvalue weighted by atomic mass is 31.2. The van der Waals surface area contributed by atoms with Crippen LogP contribution in [-0.4, -0.2) is 19.4 Å². The number of hydrogen-bond donors (Lipinski definition) is 0. The molecule has 0 aliphatic rings. The fourth-order valence-electron chi connectivity index (χ4n) is 2.19. The van der Waals surface area contributed by atoms with E-state index in [1.165, 1.54) is 0 Å². The first-order valence-electron chi connectivity index (χ1n) is 7.12. The Bertz CT molecular complexity index is 630. The highest BCUT2D eigenvalue weighted by molar-refractivity contribution is 7.71. The van der Waals surface area contributed by atoms with E-state index in [0.717, 1.165) is 16.6 Å². The zero-order valence-corrected chi connectivity index (χ0v) is 13.4. The van der Waals surface area contributed by atoms with Crippen molar-refractivity contribution in [2.75, 3.05) is 19.4 Å². The van der Waals surface area contributed by atoms with Crippen molar-refractivity contribution in [2.24, 2.45) is 0 Å². The van der Waals surface area contributed by atoms with Gasteiger partial charge >= 0.3 is 0 Å². The van der Waals surface area contributed by atoms with Gasteiger partial charge in [-0.05, 0) is 17.7 Å². The Hall–Kier alpha value is -1.79. The van der Waals surface area contributed by atoms with Crippen LogP contribution in [0.15, 0.2) is 60.7 Å². The molecule has 0 saturated heterocycles. The Kier molecular flexibility index (Phi) is 5.41. The van der Waals surface area contributed by atoms with E-state index in [0.29, 0.717) is 12.3 Å². The summed E-state index contributed by atoms with van der Waals surface area (Å²) in [5, 5.41) is 0.965. The molecule has 0 radical (unpaired) electrons. The molecule has 0 N–H and O–H groups in total. The van der Waals surface area contributed by atoms with E-state index in [-0.39, 0.29) is 0 Å². The second-order valence-electron chi connectivity index (χ2n) is 4.90. The molecule has 21 heavy (non-hydrogen) atoms. The van der Waals surface area contributed by atoms with E-state index in [4.69, 9.17) is 4.74 Å². The summed E-state index contributed by atoms with van der Waals surface area (Å²) in [6, 6.07) is 17.6. The van der Waals surface area contributed by atoms with Crippen molar-refractivity contribution in [2.45, 2.75) is 6.92 Å². The summed E-state index contributed by atoms with van der Waals surface area (Å²) in [7, 11) is -0.661. The van der Waals surface area contributed by atoms with Gasteiger partial charge in [-0.2, -0.15) is 0 Å². The van der Waals surface area contributed by atoms with E-state index in [1.54, 1.807) is 7.11 Å². The van der Waals surface area contributed by atoms with E-state index < -0.39 is 7.14 Å². The van der Waals surface area contributed by atoms with E-state index in [2.05, 4.69) is 0 Å². The first-order valence-corrected chi connectivity index (χ1v) is 9.20. The van der Waals surface area contributed by atoms with E-state index in [1.807, 2.05) is 73.7 Å². The number of allylic oxidation sites excluding steroid dienone is 1. The molecule has 0 aliphatic heterocycles. The molecule has 0 saturated carbocycles. The van der Waals surface area contributed by atoms with Crippen LogP contribution in [0, 0.1) is 0 Å². The van der Waals surface area contributed by atoms with Crippen molar-refractivity contribution < 1.29 is 9.30 Å². The molecule has 2 aromatic rings. The molecule has 0 amide bonds. The average Bonchev–Trinajstić information content (AvgIpc) is 2.56. The summed E-state index contributed by atoms with van der Waals surface area (Å²) in [5.74, 6) is 0.843. The molecule has 0 heterocycles. The summed E-state index contributed by atoms with van der Waals surface area (Å²) in [4.78, 5) is 0. The monoisotopic (exact) mass is 300 g/mol. The van der Waals surface area contributed by atoms with Crippen LogP contribution in [0.4, 0.5) is 0 Å². The molecule has 0 fully saturated rings. The minimum absolute atomic E-state index is 0.597. The van der Waals surface area contributed by atoms with Crippen LogP contribution < -0.4 is 10.0 Å². The molecule has 0 unspecified atom stereocenters. The van der Waals surface area contributed by atoms with Crippen molar-refractivity contribution >= 4 is 18.5 Å². The zero-order valence-electron chi connectivity index (χ0n) is 12.5. The number of hydrogen-bond acceptors (Lipinski definition) is 2. The quantitative estimate of drug-likeness (QED) is 0.738. The third-order valence-corrected chi connectivity index (χ3v) is 6.63. The van der Waals surface area contributed by atoms with Gasteiger partial charge in [0.25, 0.3) is 0 Å². The van der Waals surface area contributed by atoms with Gasteiger partial charge in [-0.15, -0.1) is 0 Å². The topological polar surface area (TPSA) is 26.3 Å². The Morgan fingerprint density at radius 1 is 1.05 bits per heavy atom. The predicted octanol–water partition coefficient (Wildman–Crippen LogP) is 4.42. The Balaban J connectivity index is 2.09. The first-order chi connectivity index (χ1) is 10.2. The summed E-state index contributed by atoms with van der Waals surface area (Å²) in [6.07, 6.45) is 5.31. The molecule has 3 heteroatoms. The highest BCUT2D eigenvalue weighted by Gasteiger charge is 2.19. The van der Waals surface area contributed by atoms with Crippen LogP contribution in [0.5, 0.6) is 5.75 Å². The van der Waals surface area contributed by atoms with Crippen molar-refractivity contribution in [1.29, 1.82) is 0 Å². The maximum atomic E-state index is 13.0. The van der Waals surface area contributed by atoms with Gasteiger partial charge in [0.2, 0.25) is 0 Å². The smallest absolute Gasteiger partial charge is 0.118 e. The molecule has 2 nitrogen and oxygen atoms in total. The molecule has 110 valence electrons. The van der Waals surface area contributed by atoms with Gasteiger partial charge < -0.3 is 9.30 Å². The second kappa shape index (κ2) is 7.28. The van der Waals surface area contributed by atoms with Crippen LogP contribution >= 0.6 is 7.14 Å². The minimum Gasteiger partial charge on any atom is -0.497 e. The van der Waals surface area contributed by atoms with Crippen molar-refractivity contribution in [1.82, 2.24) is 0 Å². The van der Waals surface area contributed by atoms with Crippen molar-refractivity contribution in [3.63, 3.8) is 0 Å². The predicted molar refractivity (Wildman–Crippen MR) is 91.1 cm³/mol. The maximum Gasteiger partial charge on any atom is 0.118 e. The largest absolute Gasteiger partial charge is 0.497 e. The third-order valence-electron chi connectivity index (χ3n) is 3.56. The standard InChI is InChI=1S/C18H21O2P/c1-3-21(19,18-9-5-4-6-10-18)15-7-8-16-11-13-17(20-2)14-12-16/h4-14H,3,15H2,1-2H3/b8-7+/t21-/m1/s1. The van der Waals surface area contributed by atoms with Gasteiger partial charge in [-0.25, -0.2) is 0 Å². The number of benzene rings is 2. The minimum atomic E-state index is -2.32. The summed E-state index contributed by atoms with van der Waals surface area (Å²) in [5.41, 5.74) is 1.09. The first kappa shape index (κ1) is 15.6. The molecular weight excluding hydrogens is 279 g/mol. The van der Waals surface area contributed by atoms with Crippen LogP contribution in [0.25, 0.3) is 6.08 Å². The average molecular weight is 300 g/mol. The fraction of sp³-hybridized carbons (Fsp3) is 0.222. The maximum absolute atomic E-state index is 13.0. The lowest BCUT2D eigenvalue weighted by molar-refractivity contribution is 0.415. The summed E-state index contributed by atoms with van der Waals surface area (Å²) in [6.45, 7) is 2.00. The zero-order chi connectivity index (χ0) is 15.1. The normalized spacial score (nSPS) is 14.0. The Labute approximate surface area is 126 Å². The molecular formula is C18H21O2P. The number of ether oxygens (including phenoxy) is 1. The van der Waals surface area contributed by atoms with Gasteiger partial charge in [0.05, 0.1) is 7.11 Å². The van der Waals surface area contributed by atoms with Crippen LogP contribution in [0.2, 0.25) is 0 Å². The van der Waals surface area contributed by atoms with Crippen LogP contribution in [-0.2, 0) is 4.57 Å². The number of rotatable bonds is 6. The molecule has 0 bridgehead atoms. The van der Waals surface area contributed by atoms with Gasteiger partial charge in [-0.3, -0.25) is 0 Å². The lowest BCUT2D eigenvalue weighted by Gasteiger charge is -2.14. The lowest BCUT2D eigenvalue weighted by Crippen LogP contribution is -2.08. The van der Waals surface area contributed by atoms with Gasteiger partial charge in [-0.1, -0.05) is 61.5 Å². The van der Waals surface area contributed by atoms with Crippen molar-refractivity contribution in [3.8, 4) is 5.75 Å². The Morgan fingerprint density at radius 2 is 1.71 bits per heavy atom. The van der Waals surface area contributed by atoms with Gasteiger partial charge in [0.1, 0.15) is 12.9 Å². The molecule has 0 spiro atoms. The molecule has 0 aromatic heterocycles. The highest BCUT2D eigenvalue weighted by Crippen LogP contribution is 2.43. The van der Waals surface area contributed by atoms with Gasteiger partial charge in [0.15, 0.2) is 0 Å². The summed E-state index contributed by atoms with van der Waals surface area (Å²) >= 11 is 0. The van der Waals surface area contributed by atoms with Crippen LogP contribution in [0.3, 0.4) is 0 Å². The second-order valence-corrected chi connectivity index (χ2v) is 8.19. The number of methoxy groups -OCH3 is 1. The lowest BCUT2D eigenvalue weighted by atomic mass is 10.2. The molecule has 2 rings (SSSR count). The van der Waals surface area contributed by atoms with Gasteiger partial charge in [0, 0.05) is 17.6 Å². The summed E-state index contributed by atoms with van der Waals surface area (Å²) < 4.78 is 18.1. The van der Waals surface area contributed by atoms with E-state index in [9.17, 15) is 4.57 Å². The molecule has 2 aromatic carbocycles. The van der Waals surface area contributed by atoms with Crippen molar-refractivity contribution in [3.05, 3.63) is 66.2 Å². The fourth-order valence-corrected chi connectivity index (χ4v) is 4.19. The SMILES string of the molecule is CC[P@@](=O)(C/C=C/c1ccc(OC)cc1)c1ccccc1. The Morgan fingerprint density at radius 3 is 2.29 bits per heavy atom. The van der Waals surface area contributed by atoms with E-state index >= 15 is 0 Å². The molecule has 0 aliphatic carbocycles. The van der Waals surface area contributed by atoms with Crippen LogP contribution in [0.1, 0.15) is 12.5 Å².